The van der Waals surface area contributed by atoms with Gasteiger partial charge in [-0.25, -0.2) is 9.59 Å². The fraction of sp³-hybridized carbons (Fsp3) is 0.0588. The second-order valence-electron chi connectivity index (χ2n) is 8.85. The number of nitrogens with zero attached hydrogens (tertiary/aromatic N) is 2. The molecule has 0 fully saturated rings. The van der Waals surface area contributed by atoms with Crippen molar-refractivity contribution in [3.8, 4) is 0 Å². The van der Waals surface area contributed by atoms with Crippen LogP contribution in [0.4, 0.5) is 34.1 Å². The molecule has 40 heavy (non-hydrogen) atoms. The first-order chi connectivity index (χ1) is 19.6. The zero-order chi connectivity index (χ0) is 27.9. The smallest absolute Gasteiger partial charge is 0.340 e. The normalized spacial score (nSPS) is 10.4. The van der Waals surface area contributed by atoms with E-state index in [1.807, 2.05) is 131 Å². The molecule has 0 saturated carbocycles. The van der Waals surface area contributed by atoms with Crippen molar-refractivity contribution in [1.82, 2.24) is 0 Å². The quantitative estimate of drug-likeness (QED) is 0.189. The molecule has 6 nitrogen and oxygen atoms in total. The van der Waals surface area contributed by atoms with Crippen LogP contribution in [-0.2, 0) is 9.47 Å². The van der Waals surface area contributed by atoms with Gasteiger partial charge in [0.25, 0.3) is 0 Å². The van der Waals surface area contributed by atoms with Gasteiger partial charge in [-0.1, -0.05) is 72.8 Å². The number of esters is 2. The van der Waals surface area contributed by atoms with E-state index in [-0.39, 0.29) is 11.1 Å². The van der Waals surface area contributed by atoms with E-state index in [0.29, 0.717) is 11.4 Å². The van der Waals surface area contributed by atoms with Crippen molar-refractivity contribution >= 4 is 46.1 Å². The number of methoxy groups -OCH3 is 2. The standard InChI is InChI=1S/C34H28N2O4/c1-39-33(37)29-23-24-30(34(38)40-2)32(36(27-19-11-5-12-20-27)28-21-13-6-14-22-28)31(29)35(25-15-7-3-8-16-25)26-17-9-4-10-18-26/h3-24H,1-2H3. The molecule has 0 aliphatic rings. The number of anilines is 6. The van der Waals surface area contributed by atoms with Crippen LogP contribution in [-0.4, -0.2) is 26.2 Å². The summed E-state index contributed by atoms with van der Waals surface area (Å²) in [6.07, 6.45) is 0. The van der Waals surface area contributed by atoms with E-state index >= 15 is 0 Å². The highest BCUT2D eigenvalue weighted by atomic mass is 16.5. The van der Waals surface area contributed by atoms with Gasteiger partial charge in [0.1, 0.15) is 0 Å². The van der Waals surface area contributed by atoms with Crippen molar-refractivity contribution in [2.75, 3.05) is 24.0 Å². The Labute approximate surface area is 233 Å². The van der Waals surface area contributed by atoms with Crippen molar-refractivity contribution in [3.05, 3.63) is 145 Å². The molecular weight excluding hydrogens is 500 g/mol. The first-order valence-electron chi connectivity index (χ1n) is 12.8. The highest BCUT2D eigenvalue weighted by Crippen LogP contribution is 2.49. The Kier molecular flexibility index (Phi) is 7.88. The van der Waals surface area contributed by atoms with Gasteiger partial charge in [-0.3, -0.25) is 0 Å². The maximum Gasteiger partial charge on any atom is 0.340 e. The van der Waals surface area contributed by atoms with Gasteiger partial charge in [-0.15, -0.1) is 0 Å². The number of hydrogen-bond acceptors (Lipinski definition) is 6. The van der Waals surface area contributed by atoms with E-state index < -0.39 is 11.9 Å². The van der Waals surface area contributed by atoms with Crippen LogP contribution < -0.4 is 9.80 Å². The average Bonchev–Trinajstić information content (AvgIpc) is 3.03. The summed E-state index contributed by atoms with van der Waals surface area (Å²) in [5.41, 5.74) is 4.70. The molecule has 0 radical (unpaired) electrons. The van der Waals surface area contributed by atoms with Crippen LogP contribution in [0, 0.1) is 0 Å². The van der Waals surface area contributed by atoms with Gasteiger partial charge in [-0.05, 0) is 60.7 Å². The number of rotatable bonds is 8. The van der Waals surface area contributed by atoms with Crippen molar-refractivity contribution in [2.45, 2.75) is 0 Å². The van der Waals surface area contributed by atoms with E-state index in [1.165, 1.54) is 14.2 Å². The van der Waals surface area contributed by atoms with E-state index in [2.05, 4.69) is 0 Å². The van der Waals surface area contributed by atoms with Gasteiger partial charge in [-0.2, -0.15) is 0 Å². The molecule has 0 N–H and O–H groups in total. The summed E-state index contributed by atoms with van der Waals surface area (Å²) in [6, 6.07) is 42.0. The lowest BCUT2D eigenvalue weighted by molar-refractivity contribution is 0.0588. The average molecular weight is 529 g/mol. The number of para-hydroxylation sites is 4. The molecule has 6 heteroatoms. The van der Waals surface area contributed by atoms with Crippen LogP contribution in [0.15, 0.2) is 133 Å². The van der Waals surface area contributed by atoms with Crippen LogP contribution in [0.5, 0.6) is 0 Å². The molecule has 5 rings (SSSR count). The summed E-state index contributed by atoms with van der Waals surface area (Å²) >= 11 is 0. The molecule has 0 amide bonds. The minimum absolute atomic E-state index is 0.287. The Bertz CT molecular complexity index is 1390. The second-order valence-corrected chi connectivity index (χ2v) is 8.85. The zero-order valence-corrected chi connectivity index (χ0v) is 22.2. The van der Waals surface area contributed by atoms with Crippen molar-refractivity contribution in [2.24, 2.45) is 0 Å². The molecule has 0 saturated heterocycles. The molecule has 0 heterocycles. The molecule has 0 aromatic heterocycles. The Balaban J connectivity index is 1.97. The molecule has 5 aromatic carbocycles. The second kappa shape index (κ2) is 12.0. The molecular formula is C34H28N2O4. The number of benzene rings is 5. The van der Waals surface area contributed by atoms with Crippen molar-refractivity contribution in [1.29, 1.82) is 0 Å². The predicted molar refractivity (Wildman–Crippen MR) is 158 cm³/mol. The number of carbonyl (C=O) groups is 2. The number of carbonyl (C=O) groups excluding carboxylic acids is 2. The summed E-state index contributed by atoms with van der Waals surface area (Å²) in [5.74, 6) is -1.07. The van der Waals surface area contributed by atoms with Gasteiger partial charge in [0, 0.05) is 22.7 Å². The third kappa shape index (κ3) is 5.15. The molecule has 5 aromatic rings. The fourth-order valence-electron chi connectivity index (χ4n) is 4.70. The van der Waals surface area contributed by atoms with Crippen LogP contribution in [0.3, 0.4) is 0 Å². The third-order valence-corrected chi connectivity index (χ3v) is 6.47. The minimum atomic E-state index is -0.536. The zero-order valence-electron chi connectivity index (χ0n) is 22.2. The highest BCUT2D eigenvalue weighted by Gasteiger charge is 2.32. The van der Waals surface area contributed by atoms with Crippen molar-refractivity contribution in [3.63, 3.8) is 0 Å². The molecule has 0 atom stereocenters. The van der Waals surface area contributed by atoms with Crippen LogP contribution in [0.25, 0.3) is 0 Å². The molecule has 0 aliphatic carbocycles. The van der Waals surface area contributed by atoms with Gasteiger partial charge in [0.05, 0.1) is 36.7 Å². The van der Waals surface area contributed by atoms with Gasteiger partial charge < -0.3 is 19.3 Å². The predicted octanol–water partition coefficient (Wildman–Crippen LogP) is 8.20. The van der Waals surface area contributed by atoms with Gasteiger partial charge >= 0.3 is 11.9 Å². The Morgan fingerprint density at radius 2 is 0.675 bits per heavy atom. The highest BCUT2D eigenvalue weighted by molar-refractivity contribution is 6.11. The summed E-state index contributed by atoms with van der Waals surface area (Å²) in [7, 11) is 2.70. The maximum atomic E-state index is 13.4. The minimum Gasteiger partial charge on any atom is -0.465 e. The Hall–Kier alpha value is -5.36. The summed E-state index contributed by atoms with van der Waals surface area (Å²) in [5, 5.41) is 0. The molecule has 0 unspecified atom stereocenters. The molecule has 0 bridgehead atoms. The summed E-state index contributed by atoms with van der Waals surface area (Å²) < 4.78 is 10.5. The monoisotopic (exact) mass is 528 g/mol. The van der Waals surface area contributed by atoms with Crippen LogP contribution in [0.2, 0.25) is 0 Å². The lowest BCUT2D eigenvalue weighted by Gasteiger charge is -2.35. The SMILES string of the molecule is COC(=O)c1ccc(C(=O)OC)c(N(c2ccccc2)c2ccccc2)c1N(c1ccccc1)c1ccccc1. The first-order valence-corrected chi connectivity index (χ1v) is 12.8. The molecule has 0 spiro atoms. The van der Waals surface area contributed by atoms with E-state index in [9.17, 15) is 9.59 Å². The lowest BCUT2D eigenvalue weighted by Crippen LogP contribution is -2.23. The van der Waals surface area contributed by atoms with E-state index in [1.54, 1.807) is 12.1 Å². The summed E-state index contributed by atoms with van der Waals surface area (Å²) in [4.78, 5) is 30.8. The third-order valence-electron chi connectivity index (χ3n) is 6.47. The number of hydrogen-bond donors (Lipinski definition) is 0. The van der Waals surface area contributed by atoms with Gasteiger partial charge in [0.15, 0.2) is 0 Å². The van der Waals surface area contributed by atoms with Crippen LogP contribution >= 0.6 is 0 Å². The molecule has 0 aliphatic heterocycles. The van der Waals surface area contributed by atoms with Crippen LogP contribution in [0.1, 0.15) is 20.7 Å². The fourth-order valence-corrected chi connectivity index (χ4v) is 4.70. The topological polar surface area (TPSA) is 59.1 Å². The van der Waals surface area contributed by atoms with Crippen molar-refractivity contribution < 1.29 is 19.1 Å². The largest absolute Gasteiger partial charge is 0.465 e. The lowest BCUT2D eigenvalue weighted by atomic mass is 10.00. The first kappa shape index (κ1) is 26.3. The maximum absolute atomic E-state index is 13.4. The van der Waals surface area contributed by atoms with E-state index in [0.717, 1.165) is 22.7 Å². The number of ether oxygens (including phenoxy) is 2. The Morgan fingerprint density at radius 3 is 0.900 bits per heavy atom. The van der Waals surface area contributed by atoms with Gasteiger partial charge in [0.2, 0.25) is 0 Å². The molecule has 198 valence electrons. The Morgan fingerprint density at radius 1 is 0.425 bits per heavy atom. The summed E-state index contributed by atoms with van der Waals surface area (Å²) in [6.45, 7) is 0. The van der Waals surface area contributed by atoms with E-state index in [4.69, 9.17) is 9.47 Å².